The number of hydrogen-bond acceptors (Lipinski definition) is 4. The van der Waals surface area contributed by atoms with Gasteiger partial charge in [-0.1, -0.05) is 6.92 Å². The Morgan fingerprint density at radius 2 is 2.10 bits per heavy atom. The molecule has 7 heteroatoms. The molecule has 0 aliphatic rings. The van der Waals surface area contributed by atoms with Gasteiger partial charge in [0, 0.05) is 13.7 Å². The molecule has 0 radical (unpaired) electrons. The van der Waals surface area contributed by atoms with Crippen molar-refractivity contribution in [2.75, 3.05) is 26.9 Å². The third-order valence-corrected chi connectivity index (χ3v) is 2.77. The molecule has 0 aliphatic heterocycles. The van der Waals surface area contributed by atoms with E-state index in [0.717, 1.165) is 13.0 Å². The Bertz CT molecular complexity index is 393. The minimum atomic E-state index is -4.29. The van der Waals surface area contributed by atoms with Crippen molar-refractivity contribution in [3.05, 3.63) is 23.7 Å². The Hall–Kier alpha value is -1.05. The van der Waals surface area contributed by atoms with Crippen LogP contribution in [0, 0.1) is 0 Å². The van der Waals surface area contributed by atoms with Crippen molar-refractivity contribution >= 4 is 0 Å². The lowest BCUT2D eigenvalue weighted by Crippen LogP contribution is -2.24. The number of hydrogen-bond donors (Lipinski definition) is 1. The van der Waals surface area contributed by atoms with Gasteiger partial charge in [0.05, 0.1) is 6.04 Å². The molecule has 21 heavy (non-hydrogen) atoms. The van der Waals surface area contributed by atoms with Gasteiger partial charge in [-0.15, -0.1) is 0 Å². The van der Waals surface area contributed by atoms with Crippen molar-refractivity contribution in [1.29, 1.82) is 0 Å². The summed E-state index contributed by atoms with van der Waals surface area (Å²) in [5, 5.41) is 3.24. The standard InChI is InChI=1S/C14H22F3NO3/c1-3-7-18-12(6-8-20-10-14(15,16)17)13-5-4-11(21-13)9-19-2/h4-5,12,18H,3,6-10H2,1-2H3. The van der Waals surface area contributed by atoms with Crippen LogP contribution in [0.4, 0.5) is 13.2 Å². The van der Waals surface area contributed by atoms with Gasteiger partial charge in [0.25, 0.3) is 0 Å². The first-order chi connectivity index (χ1) is 9.96. The molecule has 122 valence electrons. The predicted molar refractivity (Wildman–Crippen MR) is 71.9 cm³/mol. The van der Waals surface area contributed by atoms with E-state index in [2.05, 4.69) is 10.1 Å². The lowest BCUT2D eigenvalue weighted by atomic mass is 10.1. The smallest absolute Gasteiger partial charge is 0.411 e. The van der Waals surface area contributed by atoms with Gasteiger partial charge in [-0.3, -0.25) is 0 Å². The number of ether oxygens (including phenoxy) is 2. The summed E-state index contributed by atoms with van der Waals surface area (Å²) in [6.45, 7) is 1.93. The monoisotopic (exact) mass is 309 g/mol. The maximum absolute atomic E-state index is 12.0. The van der Waals surface area contributed by atoms with E-state index in [4.69, 9.17) is 9.15 Å². The minimum absolute atomic E-state index is 0.0151. The predicted octanol–water partition coefficient (Wildman–Crippen LogP) is 3.44. The topological polar surface area (TPSA) is 43.6 Å². The third kappa shape index (κ3) is 7.50. The Morgan fingerprint density at radius 3 is 2.71 bits per heavy atom. The van der Waals surface area contributed by atoms with E-state index >= 15 is 0 Å². The molecule has 0 spiro atoms. The quantitative estimate of drug-likeness (QED) is 0.672. The van der Waals surface area contributed by atoms with Crippen molar-refractivity contribution in [2.45, 2.75) is 38.6 Å². The number of alkyl halides is 3. The molecule has 0 aliphatic carbocycles. The number of rotatable bonds is 10. The maximum Gasteiger partial charge on any atom is 0.411 e. The molecule has 0 aromatic carbocycles. The lowest BCUT2D eigenvalue weighted by molar-refractivity contribution is -0.174. The molecule has 1 atom stereocenters. The second-order valence-electron chi connectivity index (χ2n) is 4.70. The van der Waals surface area contributed by atoms with Crippen LogP contribution in [0.15, 0.2) is 16.5 Å². The maximum atomic E-state index is 12.0. The summed E-state index contributed by atoms with van der Waals surface area (Å²) in [4.78, 5) is 0. The highest BCUT2D eigenvalue weighted by atomic mass is 19.4. The Morgan fingerprint density at radius 1 is 1.33 bits per heavy atom. The molecule has 0 bridgehead atoms. The molecule has 4 nitrogen and oxygen atoms in total. The molecule has 1 N–H and O–H groups in total. The Kier molecular flexibility index (Phi) is 7.77. The van der Waals surface area contributed by atoms with Gasteiger partial charge in [-0.25, -0.2) is 0 Å². The van der Waals surface area contributed by atoms with Crippen LogP contribution in [0.5, 0.6) is 0 Å². The highest BCUT2D eigenvalue weighted by Gasteiger charge is 2.27. The Labute approximate surface area is 122 Å². The first-order valence-corrected chi connectivity index (χ1v) is 6.91. The van der Waals surface area contributed by atoms with E-state index in [9.17, 15) is 13.2 Å². The largest absolute Gasteiger partial charge is 0.462 e. The van der Waals surface area contributed by atoms with Crippen LogP contribution in [0.25, 0.3) is 0 Å². The normalized spacial score (nSPS) is 13.6. The van der Waals surface area contributed by atoms with Gasteiger partial charge in [0.1, 0.15) is 24.7 Å². The molecule has 1 aromatic heterocycles. The van der Waals surface area contributed by atoms with E-state index in [1.54, 1.807) is 13.2 Å². The van der Waals surface area contributed by atoms with E-state index in [-0.39, 0.29) is 12.6 Å². The number of methoxy groups -OCH3 is 1. The van der Waals surface area contributed by atoms with Crippen molar-refractivity contribution in [2.24, 2.45) is 0 Å². The van der Waals surface area contributed by atoms with Gasteiger partial charge < -0.3 is 19.2 Å². The molecule has 1 unspecified atom stereocenters. The van der Waals surface area contributed by atoms with Crippen molar-refractivity contribution in [3.63, 3.8) is 0 Å². The van der Waals surface area contributed by atoms with Crippen LogP contribution < -0.4 is 5.32 Å². The average molecular weight is 309 g/mol. The van der Waals surface area contributed by atoms with Crippen molar-refractivity contribution < 1.29 is 27.1 Å². The fraction of sp³-hybridized carbons (Fsp3) is 0.714. The van der Waals surface area contributed by atoms with E-state index in [1.165, 1.54) is 0 Å². The van der Waals surface area contributed by atoms with Crippen LogP contribution in [0.1, 0.15) is 37.3 Å². The summed E-state index contributed by atoms with van der Waals surface area (Å²) in [5.41, 5.74) is 0. The van der Waals surface area contributed by atoms with Crippen LogP contribution in [0.2, 0.25) is 0 Å². The van der Waals surface area contributed by atoms with E-state index < -0.39 is 12.8 Å². The van der Waals surface area contributed by atoms with Gasteiger partial charge in [-0.05, 0) is 31.5 Å². The average Bonchev–Trinajstić information content (AvgIpc) is 2.85. The van der Waals surface area contributed by atoms with E-state index in [1.807, 2.05) is 13.0 Å². The minimum Gasteiger partial charge on any atom is -0.462 e. The van der Waals surface area contributed by atoms with Gasteiger partial charge >= 0.3 is 6.18 Å². The molecule has 1 heterocycles. The molecule has 0 saturated carbocycles. The highest BCUT2D eigenvalue weighted by Crippen LogP contribution is 2.21. The van der Waals surface area contributed by atoms with Gasteiger partial charge in [-0.2, -0.15) is 13.2 Å². The second kappa shape index (κ2) is 9.07. The lowest BCUT2D eigenvalue weighted by Gasteiger charge is -2.16. The van der Waals surface area contributed by atoms with Crippen LogP contribution in [0.3, 0.4) is 0 Å². The van der Waals surface area contributed by atoms with Gasteiger partial charge in [0.2, 0.25) is 0 Å². The zero-order valence-corrected chi connectivity index (χ0v) is 12.3. The van der Waals surface area contributed by atoms with E-state index in [0.29, 0.717) is 24.5 Å². The molecule has 0 saturated heterocycles. The number of nitrogens with one attached hydrogen (secondary N) is 1. The first-order valence-electron chi connectivity index (χ1n) is 6.91. The first kappa shape index (κ1) is 18.0. The molecule has 1 aromatic rings. The fourth-order valence-electron chi connectivity index (χ4n) is 1.85. The van der Waals surface area contributed by atoms with Crippen LogP contribution >= 0.6 is 0 Å². The second-order valence-corrected chi connectivity index (χ2v) is 4.70. The molecule has 1 rings (SSSR count). The summed E-state index contributed by atoms with van der Waals surface area (Å²) < 4.78 is 51.3. The van der Waals surface area contributed by atoms with Gasteiger partial charge in [0.15, 0.2) is 0 Å². The van der Waals surface area contributed by atoms with Crippen molar-refractivity contribution in [1.82, 2.24) is 5.32 Å². The summed E-state index contributed by atoms with van der Waals surface area (Å²) in [7, 11) is 1.57. The third-order valence-electron chi connectivity index (χ3n) is 2.77. The molecular weight excluding hydrogens is 287 g/mol. The number of furan rings is 1. The summed E-state index contributed by atoms with van der Waals surface area (Å²) >= 11 is 0. The Balaban J connectivity index is 2.49. The number of halogens is 3. The van der Waals surface area contributed by atoms with Crippen molar-refractivity contribution in [3.8, 4) is 0 Å². The van der Waals surface area contributed by atoms with Crippen LogP contribution in [-0.2, 0) is 16.1 Å². The molecule has 0 amide bonds. The highest BCUT2D eigenvalue weighted by molar-refractivity contribution is 5.10. The molecular formula is C14H22F3NO3. The fourth-order valence-corrected chi connectivity index (χ4v) is 1.85. The summed E-state index contributed by atoms with van der Waals surface area (Å²) in [6, 6.07) is 3.45. The zero-order chi connectivity index (χ0) is 15.7. The molecule has 0 fully saturated rings. The summed E-state index contributed by atoms with van der Waals surface area (Å²) in [5.74, 6) is 1.37. The zero-order valence-electron chi connectivity index (χ0n) is 12.3. The summed E-state index contributed by atoms with van der Waals surface area (Å²) in [6.07, 6.45) is -2.95. The van der Waals surface area contributed by atoms with Crippen LogP contribution in [-0.4, -0.2) is 33.0 Å². The SMILES string of the molecule is CCCNC(CCOCC(F)(F)F)c1ccc(COC)o1.